The van der Waals surface area contributed by atoms with Crippen molar-refractivity contribution in [1.29, 1.82) is 0 Å². The normalized spacial score (nSPS) is 20.4. The summed E-state index contributed by atoms with van der Waals surface area (Å²) in [7, 11) is 0. The first-order valence-electron chi connectivity index (χ1n) is 16.1. The summed E-state index contributed by atoms with van der Waals surface area (Å²) < 4.78 is 0. The van der Waals surface area contributed by atoms with Crippen LogP contribution in [0.2, 0.25) is 0 Å². The Morgan fingerprint density at radius 3 is 2.26 bits per heavy atom. The molecular weight excluding hydrogens is 596 g/mol. The quantitative estimate of drug-likeness (QED) is 0.315. The number of carbonyl (C=O) groups excluding carboxylic acids is 5. The monoisotopic (exact) mass is 640 g/mol. The van der Waals surface area contributed by atoms with Crippen LogP contribution in [0, 0.1) is 5.92 Å². The number of carbonyl (C=O) groups is 5. The van der Waals surface area contributed by atoms with Crippen LogP contribution in [-0.4, -0.2) is 70.6 Å². The number of fused-ring (bicyclic) bond motifs is 18. The molecule has 11 nitrogen and oxygen atoms in total. The Balaban J connectivity index is 1.62. The van der Waals surface area contributed by atoms with Gasteiger partial charge in [0.2, 0.25) is 17.7 Å². The van der Waals surface area contributed by atoms with Gasteiger partial charge in [0.25, 0.3) is 11.8 Å². The number of aromatic nitrogens is 1. The van der Waals surface area contributed by atoms with Gasteiger partial charge in [-0.2, -0.15) is 0 Å². The van der Waals surface area contributed by atoms with Crippen LogP contribution in [-0.2, 0) is 27.3 Å². The maximum atomic E-state index is 13.7. The molecule has 0 saturated heterocycles. The van der Waals surface area contributed by atoms with Crippen molar-refractivity contribution < 1.29 is 24.0 Å². The zero-order valence-electron chi connectivity index (χ0n) is 27.2. The molecule has 4 N–H and O–H groups in total. The molecule has 3 heterocycles. The van der Waals surface area contributed by atoms with Gasteiger partial charge in [0.05, 0.1) is 5.56 Å². The van der Waals surface area contributed by atoms with E-state index in [-0.39, 0.29) is 24.2 Å². The second kappa shape index (κ2) is 17.0. The highest BCUT2D eigenvalue weighted by Gasteiger charge is 2.29. The molecule has 0 saturated carbocycles. The smallest absolute Gasteiger partial charge is 0.255 e. The molecule has 0 aliphatic carbocycles. The highest BCUT2D eigenvalue weighted by Crippen LogP contribution is 2.14. The number of benzene rings is 2. The largest absolute Gasteiger partial charge is 0.354 e. The fourth-order valence-corrected chi connectivity index (χ4v) is 5.35. The molecule has 47 heavy (non-hydrogen) atoms. The number of rotatable bonds is 5. The topological polar surface area (TPSA) is 150 Å². The third-order valence-electron chi connectivity index (χ3n) is 7.94. The minimum atomic E-state index is -0.977. The standard InChI is InChI=1S/C36H44N6O5/c1-24(2)20-30-34(45)39-25(3)32(43)38-18-7-8-19-42(36(47)29-12-9-17-37-22-29)23-27-13-15-28(16-14-27)33(44)40-31(35(46)41-30)21-26-10-5-4-6-11-26/h4-6,9-17,22,24-25,30-31H,7-8,18-21,23H2,1-3H3,(H,38,43)(H,39,45)(H,40,44)(H,41,46)/t25-,30+,31-/m1/s1. The van der Waals surface area contributed by atoms with E-state index in [1.807, 2.05) is 44.2 Å². The second-order valence-corrected chi connectivity index (χ2v) is 12.3. The van der Waals surface area contributed by atoms with E-state index in [1.54, 1.807) is 54.4 Å². The predicted molar refractivity (Wildman–Crippen MR) is 178 cm³/mol. The van der Waals surface area contributed by atoms with E-state index in [9.17, 15) is 24.0 Å². The average molecular weight is 641 g/mol. The number of amides is 5. The van der Waals surface area contributed by atoms with Crippen molar-refractivity contribution >= 4 is 29.5 Å². The molecule has 248 valence electrons. The molecule has 5 rings (SSSR count). The van der Waals surface area contributed by atoms with Crippen LogP contribution in [0.4, 0.5) is 0 Å². The first-order valence-corrected chi connectivity index (χ1v) is 16.1. The lowest BCUT2D eigenvalue weighted by Crippen LogP contribution is -2.57. The number of pyridine rings is 1. The molecular formula is C36H44N6O5. The molecule has 0 spiro atoms. The molecule has 3 atom stereocenters. The second-order valence-electron chi connectivity index (χ2n) is 12.3. The van der Waals surface area contributed by atoms with E-state index in [0.29, 0.717) is 50.0 Å². The van der Waals surface area contributed by atoms with Crippen molar-refractivity contribution in [3.63, 3.8) is 0 Å². The zero-order valence-corrected chi connectivity index (χ0v) is 27.2. The number of nitrogens with one attached hydrogen (secondary N) is 4. The molecule has 1 aromatic heterocycles. The van der Waals surface area contributed by atoms with Gasteiger partial charge < -0.3 is 26.2 Å². The average Bonchev–Trinajstić information content (AvgIpc) is 3.07. The lowest BCUT2D eigenvalue weighted by atomic mass is 10.0. The summed E-state index contributed by atoms with van der Waals surface area (Å²) in [5, 5.41) is 11.3. The van der Waals surface area contributed by atoms with Gasteiger partial charge in [0.15, 0.2) is 0 Å². The van der Waals surface area contributed by atoms with Crippen LogP contribution >= 0.6 is 0 Å². The first kappa shape index (κ1) is 34.8. The van der Waals surface area contributed by atoms with E-state index in [2.05, 4.69) is 26.3 Å². The summed E-state index contributed by atoms with van der Waals surface area (Å²) in [6.07, 6.45) is 4.91. The third-order valence-corrected chi connectivity index (χ3v) is 7.94. The van der Waals surface area contributed by atoms with Crippen LogP contribution in [0.25, 0.3) is 0 Å². The van der Waals surface area contributed by atoms with E-state index >= 15 is 0 Å². The van der Waals surface area contributed by atoms with Crippen molar-refractivity contribution in [2.24, 2.45) is 5.92 Å². The SMILES string of the molecule is CC(C)C[C@@H]1NC(=O)[C@@H](Cc2ccccc2)NC(=O)c2ccc(cc2)CN(C(=O)c2cccnc2)CCCCNC(=O)[C@@H](C)NC1=O. The van der Waals surface area contributed by atoms with Gasteiger partial charge in [-0.1, -0.05) is 56.3 Å². The van der Waals surface area contributed by atoms with Gasteiger partial charge in [0.1, 0.15) is 18.1 Å². The number of hydrogen-bond acceptors (Lipinski definition) is 6. The summed E-state index contributed by atoms with van der Waals surface area (Å²) in [6, 6.07) is 16.9. The molecule has 5 amide bonds. The molecule has 2 bridgehead atoms. The van der Waals surface area contributed by atoms with Crippen molar-refractivity contribution in [3.8, 4) is 0 Å². The fourth-order valence-electron chi connectivity index (χ4n) is 5.35. The molecule has 2 aromatic carbocycles. The van der Waals surface area contributed by atoms with Crippen molar-refractivity contribution in [2.45, 2.75) is 71.1 Å². The van der Waals surface area contributed by atoms with Gasteiger partial charge in [-0.05, 0) is 67.5 Å². The van der Waals surface area contributed by atoms with Crippen LogP contribution in [0.15, 0.2) is 79.1 Å². The summed E-state index contributed by atoms with van der Waals surface area (Å²) in [6.45, 7) is 6.57. The molecule has 0 radical (unpaired) electrons. The van der Waals surface area contributed by atoms with E-state index in [4.69, 9.17) is 0 Å². The van der Waals surface area contributed by atoms with E-state index in [0.717, 1.165) is 11.1 Å². The Morgan fingerprint density at radius 2 is 1.57 bits per heavy atom. The zero-order chi connectivity index (χ0) is 33.8. The molecule has 0 fully saturated rings. The van der Waals surface area contributed by atoms with Gasteiger partial charge in [-0.25, -0.2) is 0 Å². The number of hydrogen-bond donors (Lipinski definition) is 4. The summed E-state index contributed by atoms with van der Waals surface area (Å²) in [5.74, 6) is -1.90. The maximum absolute atomic E-state index is 13.7. The van der Waals surface area contributed by atoms with Crippen LogP contribution in [0.1, 0.15) is 71.9 Å². The summed E-state index contributed by atoms with van der Waals surface area (Å²) in [4.78, 5) is 72.6. The minimum absolute atomic E-state index is 0.0648. The third kappa shape index (κ3) is 10.5. The predicted octanol–water partition coefficient (Wildman–Crippen LogP) is 3.01. The molecule has 11 heteroatoms. The number of nitrogens with zero attached hydrogens (tertiary/aromatic N) is 2. The molecule has 2 aliphatic rings. The van der Waals surface area contributed by atoms with Gasteiger partial charge in [0, 0.05) is 44.0 Å². The van der Waals surface area contributed by atoms with E-state index < -0.39 is 35.8 Å². The summed E-state index contributed by atoms with van der Waals surface area (Å²) in [5.41, 5.74) is 2.48. The van der Waals surface area contributed by atoms with Crippen molar-refractivity contribution in [3.05, 3.63) is 101 Å². The lowest BCUT2D eigenvalue weighted by molar-refractivity contribution is -0.132. The fraction of sp³-hybridized carbons (Fsp3) is 0.389. The van der Waals surface area contributed by atoms with Crippen LogP contribution < -0.4 is 21.3 Å². The Kier molecular flexibility index (Phi) is 12.6. The first-order chi connectivity index (χ1) is 22.6. The van der Waals surface area contributed by atoms with Gasteiger partial charge in [-0.3, -0.25) is 29.0 Å². The van der Waals surface area contributed by atoms with Gasteiger partial charge >= 0.3 is 0 Å². The van der Waals surface area contributed by atoms with Crippen LogP contribution in [0.3, 0.4) is 0 Å². The maximum Gasteiger partial charge on any atom is 0.255 e. The van der Waals surface area contributed by atoms with E-state index in [1.165, 1.54) is 6.20 Å². The Labute approximate surface area is 275 Å². The van der Waals surface area contributed by atoms with Crippen molar-refractivity contribution in [1.82, 2.24) is 31.2 Å². The Morgan fingerprint density at radius 1 is 0.851 bits per heavy atom. The van der Waals surface area contributed by atoms with Crippen LogP contribution in [0.5, 0.6) is 0 Å². The molecule has 3 aromatic rings. The summed E-state index contributed by atoms with van der Waals surface area (Å²) >= 11 is 0. The van der Waals surface area contributed by atoms with Gasteiger partial charge in [-0.15, -0.1) is 0 Å². The highest BCUT2D eigenvalue weighted by atomic mass is 16.2. The Bertz CT molecular complexity index is 1510. The Hall–Kier alpha value is -5.06. The molecule has 2 aliphatic heterocycles. The van der Waals surface area contributed by atoms with Crippen molar-refractivity contribution in [2.75, 3.05) is 13.1 Å². The minimum Gasteiger partial charge on any atom is -0.354 e. The highest BCUT2D eigenvalue weighted by molar-refractivity contribution is 5.99. The lowest BCUT2D eigenvalue weighted by Gasteiger charge is -2.25. The molecule has 0 unspecified atom stereocenters.